The average molecular weight is 289 g/mol. The summed E-state index contributed by atoms with van der Waals surface area (Å²) in [5, 5.41) is 10.5. The summed E-state index contributed by atoms with van der Waals surface area (Å²) >= 11 is 0. The second-order valence-corrected chi connectivity index (χ2v) is 5.60. The zero-order chi connectivity index (χ0) is 15.6. The molecule has 114 valence electrons. The monoisotopic (exact) mass is 289 g/mol. The predicted octanol–water partition coefficient (Wildman–Crippen LogP) is 1.92. The first kappa shape index (κ1) is 15.5. The zero-order valence-corrected chi connectivity index (χ0v) is 12.6. The van der Waals surface area contributed by atoms with Gasteiger partial charge in [0.05, 0.1) is 11.1 Å². The molecule has 1 aromatic carbocycles. The number of aromatic carboxylic acids is 1. The van der Waals surface area contributed by atoms with Crippen LogP contribution < -0.4 is 11.5 Å². The Labute approximate surface area is 124 Å². The van der Waals surface area contributed by atoms with Crippen molar-refractivity contribution in [3.05, 3.63) is 35.0 Å². The second kappa shape index (κ2) is 6.28. The van der Waals surface area contributed by atoms with Crippen LogP contribution in [0.5, 0.6) is 0 Å². The Morgan fingerprint density at radius 3 is 2.52 bits per heavy atom. The number of rotatable bonds is 6. The van der Waals surface area contributed by atoms with Gasteiger partial charge in [-0.1, -0.05) is 13.8 Å². The van der Waals surface area contributed by atoms with Crippen molar-refractivity contribution in [2.45, 2.75) is 32.7 Å². The van der Waals surface area contributed by atoms with Gasteiger partial charge < -0.3 is 21.1 Å². The van der Waals surface area contributed by atoms with E-state index in [0.717, 1.165) is 28.5 Å². The van der Waals surface area contributed by atoms with Gasteiger partial charge in [0.2, 0.25) is 0 Å². The minimum absolute atomic E-state index is 0.274. The standard InChI is InChI=1S/C16H23N3O2/c1-10(2)12-7-13-11(3-4-17)9-19(6-5-18)15(13)14(8-12)16(20)21/h7-10H,3-6,17-18H2,1-2H3,(H,20,21). The van der Waals surface area contributed by atoms with Crippen LogP contribution in [0, 0.1) is 0 Å². The van der Waals surface area contributed by atoms with E-state index >= 15 is 0 Å². The first-order chi connectivity index (χ1) is 9.99. The molecule has 1 heterocycles. The third-order valence-corrected chi connectivity index (χ3v) is 3.76. The molecule has 0 aliphatic carbocycles. The minimum Gasteiger partial charge on any atom is -0.478 e. The van der Waals surface area contributed by atoms with Gasteiger partial charge >= 0.3 is 5.97 Å². The van der Waals surface area contributed by atoms with E-state index in [4.69, 9.17) is 11.5 Å². The summed E-state index contributed by atoms with van der Waals surface area (Å²) in [7, 11) is 0. The van der Waals surface area contributed by atoms with Gasteiger partial charge in [-0.25, -0.2) is 4.79 Å². The molecule has 2 rings (SSSR count). The van der Waals surface area contributed by atoms with Crippen LogP contribution in [0.15, 0.2) is 18.3 Å². The van der Waals surface area contributed by atoms with Crippen LogP contribution in [0.25, 0.3) is 10.9 Å². The molecule has 1 aromatic heterocycles. The number of carboxylic acid groups (broad SMARTS) is 1. The average Bonchev–Trinajstić information content (AvgIpc) is 2.77. The molecule has 5 heteroatoms. The van der Waals surface area contributed by atoms with Gasteiger partial charge in [-0.05, 0) is 42.1 Å². The Morgan fingerprint density at radius 1 is 1.29 bits per heavy atom. The quantitative estimate of drug-likeness (QED) is 0.757. The van der Waals surface area contributed by atoms with Crippen molar-refractivity contribution in [3.8, 4) is 0 Å². The van der Waals surface area contributed by atoms with Crippen LogP contribution in [0.2, 0.25) is 0 Å². The summed E-state index contributed by atoms with van der Waals surface area (Å²) in [6.45, 7) is 5.73. The third kappa shape index (κ3) is 2.94. The normalized spacial score (nSPS) is 11.5. The van der Waals surface area contributed by atoms with E-state index in [1.807, 2.05) is 10.8 Å². The summed E-state index contributed by atoms with van der Waals surface area (Å²) in [5.74, 6) is -0.630. The van der Waals surface area contributed by atoms with Crippen LogP contribution in [-0.4, -0.2) is 28.7 Å². The van der Waals surface area contributed by atoms with Gasteiger partial charge in [-0.3, -0.25) is 0 Å². The molecule has 0 aliphatic rings. The smallest absolute Gasteiger partial charge is 0.337 e. The lowest BCUT2D eigenvalue weighted by Crippen LogP contribution is -2.11. The van der Waals surface area contributed by atoms with Crippen LogP contribution >= 0.6 is 0 Å². The fraction of sp³-hybridized carbons (Fsp3) is 0.438. The number of hydrogen-bond acceptors (Lipinski definition) is 3. The molecule has 5 nitrogen and oxygen atoms in total. The molecule has 5 N–H and O–H groups in total. The van der Waals surface area contributed by atoms with Gasteiger partial charge in [0.1, 0.15) is 0 Å². The van der Waals surface area contributed by atoms with Gasteiger partial charge in [-0.15, -0.1) is 0 Å². The maximum atomic E-state index is 11.6. The van der Waals surface area contributed by atoms with E-state index in [9.17, 15) is 9.90 Å². The highest BCUT2D eigenvalue weighted by atomic mass is 16.4. The Kier molecular flexibility index (Phi) is 4.65. The van der Waals surface area contributed by atoms with Crippen LogP contribution in [0.4, 0.5) is 0 Å². The third-order valence-electron chi connectivity index (χ3n) is 3.76. The number of fused-ring (bicyclic) bond motifs is 1. The number of nitrogens with two attached hydrogens (primary N) is 2. The summed E-state index contributed by atoms with van der Waals surface area (Å²) < 4.78 is 1.94. The molecule has 0 amide bonds. The summed E-state index contributed by atoms with van der Waals surface area (Å²) in [5.41, 5.74) is 14.5. The highest BCUT2D eigenvalue weighted by molar-refractivity contribution is 6.04. The maximum Gasteiger partial charge on any atom is 0.337 e. The molecular weight excluding hydrogens is 266 g/mol. The lowest BCUT2D eigenvalue weighted by Gasteiger charge is -2.11. The molecular formula is C16H23N3O2. The highest BCUT2D eigenvalue weighted by Gasteiger charge is 2.18. The summed E-state index contributed by atoms with van der Waals surface area (Å²) in [6.07, 6.45) is 2.72. The largest absolute Gasteiger partial charge is 0.478 e. The van der Waals surface area contributed by atoms with Gasteiger partial charge in [0.15, 0.2) is 0 Å². The molecule has 0 unspecified atom stereocenters. The second-order valence-electron chi connectivity index (χ2n) is 5.60. The number of hydrogen-bond donors (Lipinski definition) is 3. The molecule has 0 bridgehead atoms. The molecule has 21 heavy (non-hydrogen) atoms. The van der Waals surface area contributed by atoms with Gasteiger partial charge in [-0.2, -0.15) is 0 Å². The van der Waals surface area contributed by atoms with E-state index in [0.29, 0.717) is 25.2 Å². The van der Waals surface area contributed by atoms with Crippen molar-refractivity contribution in [2.24, 2.45) is 11.5 Å². The van der Waals surface area contributed by atoms with Crippen LogP contribution in [0.3, 0.4) is 0 Å². The number of aromatic nitrogens is 1. The molecule has 0 atom stereocenters. The van der Waals surface area contributed by atoms with E-state index in [1.54, 1.807) is 6.07 Å². The molecule has 0 fully saturated rings. The SMILES string of the molecule is CC(C)c1cc(C(=O)O)c2c(c1)c(CCN)cn2CCN. The number of benzene rings is 1. The lowest BCUT2D eigenvalue weighted by atomic mass is 9.96. The fourth-order valence-electron chi connectivity index (χ4n) is 2.70. The Balaban J connectivity index is 2.79. The first-order valence-corrected chi connectivity index (χ1v) is 7.28. The van der Waals surface area contributed by atoms with Crippen molar-refractivity contribution in [1.29, 1.82) is 0 Å². The van der Waals surface area contributed by atoms with Crippen molar-refractivity contribution in [3.63, 3.8) is 0 Å². The molecule has 2 aromatic rings. The number of carbonyl (C=O) groups is 1. The van der Waals surface area contributed by atoms with Crippen LogP contribution in [-0.2, 0) is 13.0 Å². The molecule has 0 radical (unpaired) electrons. The summed E-state index contributed by atoms with van der Waals surface area (Å²) in [6, 6.07) is 3.86. The number of nitrogens with zero attached hydrogens (tertiary/aromatic N) is 1. The molecule has 0 saturated heterocycles. The van der Waals surface area contributed by atoms with E-state index < -0.39 is 5.97 Å². The van der Waals surface area contributed by atoms with Crippen molar-refractivity contribution < 1.29 is 9.90 Å². The van der Waals surface area contributed by atoms with E-state index in [1.165, 1.54) is 0 Å². The van der Waals surface area contributed by atoms with Gasteiger partial charge in [0, 0.05) is 24.7 Å². The van der Waals surface area contributed by atoms with E-state index in [-0.39, 0.29) is 5.92 Å². The Morgan fingerprint density at radius 2 is 2.00 bits per heavy atom. The van der Waals surface area contributed by atoms with Crippen molar-refractivity contribution in [1.82, 2.24) is 4.57 Å². The first-order valence-electron chi connectivity index (χ1n) is 7.28. The highest BCUT2D eigenvalue weighted by Crippen LogP contribution is 2.30. The molecule has 0 saturated carbocycles. The van der Waals surface area contributed by atoms with Gasteiger partial charge in [0.25, 0.3) is 0 Å². The van der Waals surface area contributed by atoms with Crippen LogP contribution in [0.1, 0.15) is 41.3 Å². The van der Waals surface area contributed by atoms with E-state index in [2.05, 4.69) is 19.9 Å². The molecule has 0 aliphatic heterocycles. The lowest BCUT2D eigenvalue weighted by molar-refractivity contribution is 0.0698. The molecule has 0 spiro atoms. The van der Waals surface area contributed by atoms with Crippen molar-refractivity contribution >= 4 is 16.9 Å². The topological polar surface area (TPSA) is 94.3 Å². The van der Waals surface area contributed by atoms with Crippen molar-refractivity contribution in [2.75, 3.05) is 13.1 Å². The Hall–Kier alpha value is -1.85. The predicted molar refractivity (Wildman–Crippen MR) is 84.8 cm³/mol. The summed E-state index contributed by atoms with van der Waals surface area (Å²) in [4.78, 5) is 11.6. The zero-order valence-electron chi connectivity index (χ0n) is 12.6. The fourth-order valence-corrected chi connectivity index (χ4v) is 2.70. The number of carboxylic acids is 1. The Bertz CT molecular complexity index is 659. The maximum absolute atomic E-state index is 11.6. The minimum atomic E-state index is -0.904.